The number of aromatic nitrogens is 3. The number of nitrogens with zero attached hydrogens (tertiary/aromatic N) is 4. The highest BCUT2D eigenvalue weighted by Crippen LogP contribution is 2.23. The second-order valence-corrected chi connectivity index (χ2v) is 4.17. The fourth-order valence-corrected chi connectivity index (χ4v) is 1.64. The van der Waals surface area contributed by atoms with Gasteiger partial charge in [0.1, 0.15) is 5.82 Å². The maximum atomic E-state index is 10.9. The van der Waals surface area contributed by atoms with Crippen molar-refractivity contribution in [2.45, 2.75) is 13.5 Å². The van der Waals surface area contributed by atoms with Gasteiger partial charge in [-0.25, -0.2) is 4.98 Å². The largest absolute Gasteiger partial charge is 0.384 e. The van der Waals surface area contributed by atoms with E-state index >= 15 is 0 Å². The minimum Gasteiger partial charge on any atom is -0.384 e. The molecule has 0 atom stereocenters. The molecule has 2 heterocycles. The van der Waals surface area contributed by atoms with Gasteiger partial charge in [-0.1, -0.05) is 0 Å². The Hall–Kier alpha value is -2.64. The number of pyridine rings is 1. The lowest BCUT2D eigenvalue weighted by Crippen LogP contribution is -2.07. The zero-order valence-electron chi connectivity index (χ0n) is 10.6. The third-order valence-electron chi connectivity index (χ3n) is 2.71. The number of rotatable bonds is 4. The Bertz CT molecular complexity index is 622. The first-order chi connectivity index (χ1) is 8.99. The number of anilines is 2. The molecule has 0 saturated carbocycles. The topological polar surface area (TPSA) is 112 Å². The molecule has 2 rings (SSSR count). The zero-order chi connectivity index (χ0) is 14.0. The molecule has 0 bridgehead atoms. The summed E-state index contributed by atoms with van der Waals surface area (Å²) in [7, 11) is 1.73. The zero-order valence-corrected chi connectivity index (χ0v) is 10.6. The van der Waals surface area contributed by atoms with E-state index in [0.717, 1.165) is 11.1 Å². The lowest BCUT2D eigenvalue weighted by Gasteiger charge is -2.06. The Morgan fingerprint density at radius 3 is 2.84 bits per heavy atom. The molecule has 8 heteroatoms. The van der Waals surface area contributed by atoms with Crippen LogP contribution in [-0.2, 0) is 13.6 Å². The van der Waals surface area contributed by atoms with Crippen molar-refractivity contribution in [1.82, 2.24) is 14.8 Å². The predicted octanol–water partition coefficient (Wildman–Crippen LogP) is 1.23. The van der Waals surface area contributed by atoms with E-state index in [1.807, 2.05) is 0 Å². The highest BCUT2D eigenvalue weighted by Gasteiger charge is 2.15. The molecule has 0 amide bonds. The van der Waals surface area contributed by atoms with Crippen molar-refractivity contribution >= 4 is 17.3 Å². The SMILES string of the molecule is Cc1cnc(NCc2cnn(C)c2N)c([N+](=O)[O-])c1. The van der Waals surface area contributed by atoms with Crippen molar-refractivity contribution in [3.63, 3.8) is 0 Å². The van der Waals surface area contributed by atoms with E-state index in [-0.39, 0.29) is 11.5 Å². The number of nitro groups is 1. The summed E-state index contributed by atoms with van der Waals surface area (Å²) in [5.41, 5.74) is 7.24. The molecule has 0 aliphatic heterocycles. The van der Waals surface area contributed by atoms with Crippen molar-refractivity contribution in [1.29, 1.82) is 0 Å². The quantitative estimate of drug-likeness (QED) is 0.633. The summed E-state index contributed by atoms with van der Waals surface area (Å²) in [5.74, 6) is 0.737. The van der Waals surface area contributed by atoms with Gasteiger partial charge in [-0.3, -0.25) is 14.8 Å². The molecule has 2 aromatic rings. The first-order valence-electron chi connectivity index (χ1n) is 5.60. The Balaban J connectivity index is 2.20. The van der Waals surface area contributed by atoms with E-state index in [0.29, 0.717) is 12.4 Å². The van der Waals surface area contributed by atoms with Gasteiger partial charge in [-0.2, -0.15) is 5.10 Å². The van der Waals surface area contributed by atoms with Gasteiger partial charge in [0, 0.05) is 31.4 Å². The molecular weight excluding hydrogens is 248 g/mol. The first kappa shape index (κ1) is 12.8. The number of hydrogen-bond acceptors (Lipinski definition) is 6. The summed E-state index contributed by atoms with van der Waals surface area (Å²) in [6.07, 6.45) is 3.18. The van der Waals surface area contributed by atoms with Gasteiger partial charge in [-0.15, -0.1) is 0 Å². The summed E-state index contributed by atoms with van der Waals surface area (Å²) in [4.78, 5) is 14.5. The molecule has 3 N–H and O–H groups in total. The highest BCUT2D eigenvalue weighted by molar-refractivity contribution is 5.57. The Labute approximate surface area is 109 Å². The number of hydrogen-bond donors (Lipinski definition) is 2. The fraction of sp³-hybridized carbons (Fsp3) is 0.273. The lowest BCUT2D eigenvalue weighted by atomic mass is 10.2. The molecule has 0 aliphatic rings. The van der Waals surface area contributed by atoms with Gasteiger partial charge in [0.05, 0.1) is 11.1 Å². The Kier molecular flexibility index (Phi) is 3.32. The Morgan fingerprint density at radius 2 is 2.26 bits per heavy atom. The maximum absolute atomic E-state index is 10.9. The fourth-order valence-electron chi connectivity index (χ4n) is 1.64. The minimum atomic E-state index is -0.463. The van der Waals surface area contributed by atoms with Crippen molar-refractivity contribution in [3.05, 3.63) is 39.7 Å². The number of nitrogens with two attached hydrogens (primary N) is 1. The van der Waals surface area contributed by atoms with Crippen LogP contribution in [0.1, 0.15) is 11.1 Å². The molecule has 100 valence electrons. The summed E-state index contributed by atoms with van der Waals surface area (Å²) in [6, 6.07) is 1.47. The van der Waals surface area contributed by atoms with Gasteiger partial charge in [0.25, 0.3) is 0 Å². The molecule has 0 spiro atoms. The van der Waals surface area contributed by atoms with Crippen LogP contribution >= 0.6 is 0 Å². The number of aryl methyl sites for hydroxylation is 2. The predicted molar refractivity (Wildman–Crippen MR) is 70.6 cm³/mol. The van der Waals surface area contributed by atoms with Crippen LogP contribution in [0.5, 0.6) is 0 Å². The third kappa shape index (κ3) is 2.62. The van der Waals surface area contributed by atoms with Crippen molar-refractivity contribution in [2.75, 3.05) is 11.1 Å². The normalized spacial score (nSPS) is 10.4. The molecule has 8 nitrogen and oxygen atoms in total. The monoisotopic (exact) mass is 262 g/mol. The standard InChI is InChI=1S/C11H14N6O2/c1-7-3-9(17(18)19)11(13-4-7)14-5-8-6-15-16(2)10(8)12/h3-4,6H,5,12H2,1-2H3,(H,13,14). The van der Waals surface area contributed by atoms with Crippen LogP contribution in [0.2, 0.25) is 0 Å². The maximum Gasteiger partial charge on any atom is 0.311 e. The van der Waals surface area contributed by atoms with Crippen LogP contribution < -0.4 is 11.1 Å². The van der Waals surface area contributed by atoms with Crippen molar-refractivity contribution in [2.24, 2.45) is 7.05 Å². The van der Waals surface area contributed by atoms with Crippen LogP contribution in [-0.4, -0.2) is 19.7 Å². The Morgan fingerprint density at radius 1 is 1.53 bits per heavy atom. The minimum absolute atomic E-state index is 0.0533. The average Bonchev–Trinajstić information content (AvgIpc) is 2.68. The molecule has 0 fully saturated rings. The van der Waals surface area contributed by atoms with Crippen LogP contribution in [0, 0.1) is 17.0 Å². The van der Waals surface area contributed by atoms with Crippen LogP contribution in [0.15, 0.2) is 18.5 Å². The molecule has 0 radical (unpaired) electrons. The molecule has 0 aliphatic carbocycles. The highest BCUT2D eigenvalue weighted by atomic mass is 16.6. The smallest absolute Gasteiger partial charge is 0.311 e. The number of nitrogens with one attached hydrogen (secondary N) is 1. The van der Waals surface area contributed by atoms with E-state index in [9.17, 15) is 10.1 Å². The van der Waals surface area contributed by atoms with Crippen LogP contribution in [0.3, 0.4) is 0 Å². The van der Waals surface area contributed by atoms with Gasteiger partial charge >= 0.3 is 5.69 Å². The van der Waals surface area contributed by atoms with E-state index in [2.05, 4.69) is 15.4 Å². The van der Waals surface area contributed by atoms with Crippen molar-refractivity contribution < 1.29 is 4.92 Å². The van der Waals surface area contributed by atoms with Gasteiger partial charge < -0.3 is 11.1 Å². The molecule has 0 aromatic carbocycles. The van der Waals surface area contributed by atoms with E-state index in [1.165, 1.54) is 10.7 Å². The number of nitrogen functional groups attached to an aromatic ring is 1. The second kappa shape index (κ2) is 4.92. The first-order valence-corrected chi connectivity index (χ1v) is 5.60. The lowest BCUT2D eigenvalue weighted by molar-refractivity contribution is -0.384. The van der Waals surface area contributed by atoms with Crippen LogP contribution in [0.25, 0.3) is 0 Å². The summed E-state index contributed by atoms with van der Waals surface area (Å²) >= 11 is 0. The average molecular weight is 262 g/mol. The van der Waals surface area contributed by atoms with Gasteiger partial charge in [-0.05, 0) is 12.5 Å². The molecular formula is C11H14N6O2. The van der Waals surface area contributed by atoms with E-state index in [1.54, 1.807) is 26.4 Å². The summed E-state index contributed by atoms with van der Waals surface area (Å²) < 4.78 is 1.54. The van der Waals surface area contributed by atoms with Gasteiger partial charge in [0.2, 0.25) is 5.82 Å². The summed E-state index contributed by atoms with van der Waals surface area (Å²) in [5, 5.41) is 17.8. The second-order valence-electron chi connectivity index (χ2n) is 4.17. The van der Waals surface area contributed by atoms with E-state index in [4.69, 9.17) is 5.73 Å². The molecule has 0 unspecified atom stereocenters. The van der Waals surface area contributed by atoms with Crippen molar-refractivity contribution in [3.8, 4) is 0 Å². The summed E-state index contributed by atoms with van der Waals surface area (Å²) in [6.45, 7) is 2.08. The molecule has 2 aromatic heterocycles. The van der Waals surface area contributed by atoms with Gasteiger partial charge in [0.15, 0.2) is 0 Å². The third-order valence-corrected chi connectivity index (χ3v) is 2.71. The van der Waals surface area contributed by atoms with Crippen LogP contribution in [0.4, 0.5) is 17.3 Å². The van der Waals surface area contributed by atoms with E-state index < -0.39 is 4.92 Å². The molecule has 0 saturated heterocycles. The molecule has 19 heavy (non-hydrogen) atoms.